The summed E-state index contributed by atoms with van der Waals surface area (Å²) in [6, 6.07) is 7.37. The van der Waals surface area contributed by atoms with Crippen LogP contribution in [0.4, 0.5) is 5.00 Å². The fourth-order valence-corrected chi connectivity index (χ4v) is 5.78. The first kappa shape index (κ1) is 22.7. The second kappa shape index (κ2) is 10.1. The zero-order valence-corrected chi connectivity index (χ0v) is 20.1. The van der Waals surface area contributed by atoms with Crippen LogP contribution in [0.5, 0.6) is 11.5 Å². The van der Waals surface area contributed by atoms with E-state index in [4.69, 9.17) is 18.6 Å². The standard InChI is InChI=1S/C23H23N3O6S2/c1-2-29-22(28)19-13-7-3-6-10-17(13)34-21(19)24-18(27)12-33-23-26-25-20(32-23)16-11-30-14-8-4-5-9-15(14)31-16/h4-5,8-9,16H,2-3,6-7,10-12H2,1H3,(H,24,27). The molecule has 0 fully saturated rings. The first-order chi connectivity index (χ1) is 16.6. The van der Waals surface area contributed by atoms with Gasteiger partial charge in [0.1, 0.15) is 11.6 Å². The number of aromatic nitrogens is 2. The highest BCUT2D eigenvalue weighted by Gasteiger charge is 2.29. The van der Waals surface area contributed by atoms with Gasteiger partial charge in [-0.1, -0.05) is 23.9 Å². The van der Waals surface area contributed by atoms with E-state index in [-0.39, 0.29) is 42.0 Å². The van der Waals surface area contributed by atoms with Gasteiger partial charge in [0.05, 0.1) is 17.9 Å². The summed E-state index contributed by atoms with van der Waals surface area (Å²) in [7, 11) is 0. The molecule has 5 rings (SSSR count). The molecular formula is C23H23N3O6S2. The van der Waals surface area contributed by atoms with Crippen molar-refractivity contribution in [1.29, 1.82) is 0 Å². The molecule has 1 unspecified atom stereocenters. The van der Waals surface area contributed by atoms with Gasteiger partial charge in [-0.15, -0.1) is 21.5 Å². The average Bonchev–Trinajstić information content (AvgIpc) is 3.47. The molecule has 0 saturated heterocycles. The Morgan fingerprint density at radius 1 is 1.21 bits per heavy atom. The summed E-state index contributed by atoms with van der Waals surface area (Å²) >= 11 is 2.58. The van der Waals surface area contributed by atoms with E-state index in [9.17, 15) is 9.59 Å². The van der Waals surface area contributed by atoms with E-state index >= 15 is 0 Å². The second-order valence-corrected chi connectivity index (χ2v) is 9.77. The van der Waals surface area contributed by atoms with Crippen molar-refractivity contribution in [1.82, 2.24) is 10.2 Å². The number of benzene rings is 1. The van der Waals surface area contributed by atoms with E-state index in [1.165, 1.54) is 11.3 Å². The van der Waals surface area contributed by atoms with Gasteiger partial charge in [0, 0.05) is 4.88 Å². The highest BCUT2D eigenvalue weighted by atomic mass is 32.2. The highest BCUT2D eigenvalue weighted by Crippen LogP contribution is 2.39. The number of anilines is 1. The van der Waals surface area contributed by atoms with Crippen LogP contribution < -0.4 is 14.8 Å². The zero-order chi connectivity index (χ0) is 23.5. The molecule has 11 heteroatoms. The maximum absolute atomic E-state index is 12.7. The van der Waals surface area contributed by atoms with E-state index < -0.39 is 6.10 Å². The lowest BCUT2D eigenvalue weighted by Gasteiger charge is -2.23. The van der Waals surface area contributed by atoms with Crippen LogP contribution in [0.1, 0.15) is 52.6 Å². The molecule has 2 aliphatic rings. The van der Waals surface area contributed by atoms with Crippen LogP contribution in [0.15, 0.2) is 33.9 Å². The number of para-hydroxylation sites is 2. The number of esters is 1. The number of aryl methyl sites for hydroxylation is 1. The third-order valence-corrected chi connectivity index (χ3v) is 7.46. The minimum absolute atomic E-state index is 0.0529. The van der Waals surface area contributed by atoms with Crippen molar-refractivity contribution in [3.63, 3.8) is 0 Å². The fourth-order valence-electron chi connectivity index (χ4n) is 3.91. The molecule has 1 aromatic carbocycles. The quantitative estimate of drug-likeness (QED) is 0.371. The van der Waals surface area contributed by atoms with Gasteiger partial charge in [0.25, 0.3) is 11.1 Å². The molecule has 1 aliphatic heterocycles. The summed E-state index contributed by atoms with van der Waals surface area (Å²) < 4.78 is 22.5. The van der Waals surface area contributed by atoms with E-state index in [1.54, 1.807) is 6.92 Å². The Balaban J connectivity index is 1.21. The molecule has 0 spiro atoms. The molecule has 178 valence electrons. The zero-order valence-electron chi connectivity index (χ0n) is 18.5. The smallest absolute Gasteiger partial charge is 0.341 e. The lowest BCUT2D eigenvalue weighted by atomic mass is 9.95. The minimum Gasteiger partial charge on any atom is -0.485 e. The van der Waals surface area contributed by atoms with E-state index in [2.05, 4.69) is 15.5 Å². The molecule has 1 aliphatic carbocycles. The van der Waals surface area contributed by atoms with Gasteiger partial charge in [0.15, 0.2) is 11.5 Å². The van der Waals surface area contributed by atoms with Crippen molar-refractivity contribution in [2.24, 2.45) is 0 Å². The molecule has 1 atom stereocenters. The number of thioether (sulfide) groups is 1. The summed E-state index contributed by atoms with van der Waals surface area (Å²) in [4.78, 5) is 26.4. The number of fused-ring (bicyclic) bond motifs is 2. The first-order valence-electron chi connectivity index (χ1n) is 11.1. The maximum Gasteiger partial charge on any atom is 0.341 e. The molecule has 9 nitrogen and oxygen atoms in total. The summed E-state index contributed by atoms with van der Waals surface area (Å²) in [6.45, 7) is 2.31. The van der Waals surface area contributed by atoms with Gasteiger partial charge in [-0.25, -0.2) is 4.79 Å². The lowest BCUT2D eigenvalue weighted by molar-refractivity contribution is -0.113. The molecule has 3 aromatic rings. The van der Waals surface area contributed by atoms with Gasteiger partial charge in [-0.05, 0) is 50.3 Å². The molecule has 2 aromatic heterocycles. The van der Waals surface area contributed by atoms with Crippen molar-refractivity contribution in [2.45, 2.75) is 43.9 Å². The Bertz CT molecular complexity index is 1210. The van der Waals surface area contributed by atoms with Crippen LogP contribution in [0, 0.1) is 0 Å². The third-order valence-electron chi connectivity index (χ3n) is 5.44. The number of rotatable bonds is 7. The first-order valence-corrected chi connectivity index (χ1v) is 12.9. The van der Waals surface area contributed by atoms with Gasteiger partial charge >= 0.3 is 5.97 Å². The summed E-state index contributed by atoms with van der Waals surface area (Å²) in [6.07, 6.45) is 3.33. The number of carbonyl (C=O) groups is 2. The molecular weight excluding hydrogens is 478 g/mol. The highest BCUT2D eigenvalue weighted by molar-refractivity contribution is 7.99. The van der Waals surface area contributed by atoms with Gasteiger partial charge in [-0.3, -0.25) is 4.79 Å². The van der Waals surface area contributed by atoms with Crippen LogP contribution in [0.25, 0.3) is 0 Å². The second-order valence-electron chi connectivity index (χ2n) is 7.74. The van der Waals surface area contributed by atoms with Gasteiger partial charge < -0.3 is 23.9 Å². The summed E-state index contributed by atoms with van der Waals surface area (Å²) in [5.74, 6) is 0.969. The maximum atomic E-state index is 12.7. The molecule has 34 heavy (non-hydrogen) atoms. The van der Waals surface area contributed by atoms with Crippen LogP contribution in [-0.4, -0.2) is 41.0 Å². The fraction of sp³-hybridized carbons (Fsp3) is 0.391. The SMILES string of the molecule is CCOC(=O)c1c(NC(=O)CSc2nnc(C3COc4ccccc4O3)o2)sc2c1CCCC2. The van der Waals surface area contributed by atoms with Crippen LogP contribution in [-0.2, 0) is 22.4 Å². The van der Waals surface area contributed by atoms with E-state index in [1.807, 2.05) is 24.3 Å². The van der Waals surface area contributed by atoms with Crippen LogP contribution in [0.2, 0.25) is 0 Å². The molecule has 0 bridgehead atoms. The molecule has 1 N–H and O–H groups in total. The Kier molecular flexibility index (Phi) is 6.73. The third kappa shape index (κ3) is 4.76. The molecule has 0 radical (unpaired) electrons. The molecule has 3 heterocycles. The normalized spacial score (nSPS) is 16.6. The van der Waals surface area contributed by atoms with Gasteiger partial charge in [-0.2, -0.15) is 0 Å². The van der Waals surface area contributed by atoms with Crippen molar-refractivity contribution in [3.05, 3.63) is 46.2 Å². The van der Waals surface area contributed by atoms with E-state index in [0.29, 0.717) is 22.1 Å². The summed E-state index contributed by atoms with van der Waals surface area (Å²) in [5.41, 5.74) is 1.50. The van der Waals surface area contributed by atoms with Gasteiger partial charge in [0.2, 0.25) is 12.0 Å². The number of hydrogen-bond acceptors (Lipinski definition) is 10. The van der Waals surface area contributed by atoms with Crippen LogP contribution in [0.3, 0.4) is 0 Å². The van der Waals surface area contributed by atoms with Crippen molar-refractivity contribution in [2.75, 3.05) is 24.3 Å². The Morgan fingerprint density at radius 3 is 2.88 bits per heavy atom. The number of carbonyl (C=O) groups excluding carboxylic acids is 2. The Labute approximate surface area is 204 Å². The van der Waals surface area contributed by atoms with Crippen molar-refractivity contribution >= 4 is 40.0 Å². The number of amides is 1. The minimum atomic E-state index is -0.518. The Hall–Kier alpha value is -3.05. The van der Waals surface area contributed by atoms with Crippen LogP contribution >= 0.6 is 23.1 Å². The van der Waals surface area contributed by atoms with Crippen molar-refractivity contribution < 1.29 is 28.2 Å². The summed E-state index contributed by atoms with van der Waals surface area (Å²) in [5, 5.41) is 11.7. The molecule has 1 amide bonds. The number of hydrogen-bond donors (Lipinski definition) is 1. The number of thiophene rings is 1. The average molecular weight is 502 g/mol. The topological polar surface area (TPSA) is 113 Å². The number of nitrogens with one attached hydrogen (secondary N) is 1. The largest absolute Gasteiger partial charge is 0.485 e. The number of ether oxygens (including phenoxy) is 3. The molecule has 0 saturated carbocycles. The van der Waals surface area contributed by atoms with E-state index in [0.717, 1.165) is 47.9 Å². The Morgan fingerprint density at radius 2 is 2.03 bits per heavy atom. The predicted molar refractivity (Wildman–Crippen MR) is 126 cm³/mol. The number of nitrogens with zero attached hydrogens (tertiary/aromatic N) is 2. The monoisotopic (exact) mass is 501 g/mol. The lowest BCUT2D eigenvalue weighted by Crippen LogP contribution is -2.21. The van der Waals surface area contributed by atoms with Crippen molar-refractivity contribution in [3.8, 4) is 11.5 Å². The predicted octanol–water partition coefficient (Wildman–Crippen LogP) is 4.43.